The molecule has 0 saturated heterocycles. The number of halogens is 2. The highest BCUT2D eigenvalue weighted by atomic mass is 19.3. The molecule has 1 rings (SSSR count). The molecule has 2 N–H and O–H groups in total. The Bertz CT molecular complexity index is 409. The Morgan fingerprint density at radius 2 is 2.06 bits per heavy atom. The van der Waals surface area contributed by atoms with E-state index in [9.17, 15) is 13.6 Å². The van der Waals surface area contributed by atoms with Crippen molar-refractivity contribution in [1.29, 1.82) is 0 Å². The highest BCUT2D eigenvalue weighted by Crippen LogP contribution is 2.33. The molecule has 17 heavy (non-hydrogen) atoms. The molecule has 1 atom stereocenters. The van der Waals surface area contributed by atoms with E-state index >= 15 is 0 Å². The van der Waals surface area contributed by atoms with E-state index in [1.165, 1.54) is 25.3 Å². The second-order valence-corrected chi connectivity index (χ2v) is 3.36. The van der Waals surface area contributed by atoms with Gasteiger partial charge in [-0.25, -0.2) is 0 Å². The molecule has 0 saturated carbocycles. The lowest BCUT2D eigenvalue weighted by Gasteiger charge is -2.22. The summed E-state index contributed by atoms with van der Waals surface area (Å²) in [5.41, 5.74) is 4.77. The van der Waals surface area contributed by atoms with E-state index in [2.05, 4.69) is 4.74 Å². The zero-order valence-corrected chi connectivity index (χ0v) is 9.44. The maximum Gasteiger partial charge on any atom is 0.329 e. The molecule has 0 fully saturated rings. The van der Waals surface area contributed by atoms with E-state index in [-0.39, 0.29) is 5.75 Å². The number of carbonyl (C=O) groups is 1. The largest absolute Gasteiger partial charge is 0.497 e. The van der Waals surface area contributed by atoms with Crippen molar-refractivity contribution in [3.05, 3.63) is 29.8 Å². The van der Waals surface area contributed by atoms with E-state index in [0.29, 0.717) is 0 Å². The predicted molar refractivity (Wildman–Crippen MR) is 56.9 cm³/mol. The van der Waals surface area contributed by atoms with Crippen LogP contribution in [0.25, 0.3) is 0 Å². The maximum atomic E-state index is 13.8. The average molecular weight is 245 g/mol. The summed E-state index contributed by atoms with van der Waals surface area (Å²) < 4.78 is 36.7. The number of esters is 1. The number of methoxy groups -OCH3 is 2. The first-order valence-corrected chi connectivity index (χ1v) is 4.79. The topological polar surface area (TPSA) is 61.5 Å². The molecule has 1 aromatic carbocycles. The third-order valence-electron chi connectivity index (χ3n) is 2.30. The highest BCUT2D eigenvalue weighted by Gasteiger charge is 2.44. The lowest BCUT2D eigenvalue weighted by Crippen LogP contribution is -2.45. The fourth-order valence-electron chi connectivity index (χ4n) is 1.28. The van der Waals surface area contributed by atoms with Gasteiger partial charge in [0.05, 0.1) is 14.2 Å². The van der Waals surface area contributed by atoms with Crippen LogP contribution in [-0.2, 0) is 15.5 Å². The van der Waals surface area contributed by atoms with Crippen LogP contribution in [0.1, 0.15) is 5.56 Å². The van der Waals surface area contributed by atoms with Crippen molar-refractivity contribution in [2.45, 2.75) is 12.0 Å². The lowest BCUT2D eigenvalue weighted by atomic mass is 10.0. The first-order valence-electron chi connectivity index (χ1n) is 4.79. The molecule has 0 amide bonds. The van der Waals surface area contributed by atoms with E-state index in [0.717, 1.165) is 13.2 Å². The first-order chi connectivity index (χ1) is 7.93. The number of alkyl halides is 2. The normalized spacial score (nSPS) is 13.0. The van der Waals surface area contributed by atoms with Crippen molar-refractivity contribution in [3.8, 4) is 5.75 Å². The Hall–Kier alpha value is -1.69. The third-order valence-corrected chi connectivity index (χ3v) is 2.30. The molecule has 0 spiro atoms. The SMILES string of the molecule is COC(=O)C(N)C(F)(F)c1cccc(OC)c1. The van der Waals surface area contributed by atoms with Gasteiger partial charge in [0.25, 0.3) is 5.92 Å². The summed E-state index contributed by atoms with van der Waals surface area (Å²) in [6.07, 6.45) is 0. The molecule has 4 nitrogen and oxygen atoms in total. The molecule has 6 heteroatoms. The van der Waals surface area contributed by atoms with Crippen LogP contribution >= 0.6 is 0 Å². The Kier molecular flexibility index (Phi) is 4.01. The summed E-state index contributed by atoms with van der Waals surface area (Å²) in [7, 11) is 2.36. The summed E-state index contributed by atoms with van der Waals surface area (Å²) in [6, 6.07) is 3.17. The fourth-order valence-corrected chi connectivity index (χ4v) is 1.28. The molecule has 0 bridgehead atoms. The van der Waals surface area contributed by atoms with Gasteiger partial charge in [-0.3, -0.25) is 4.79 Å². The zero-order chi connectivity index (χ0) is 13.1. The summed E-state index contributed by atoms with van der Waals surface area (Å²) in [6.45, 7) is 0. The first kappa shape index (κ1) is 13.4. The zero-order valence-electron chi connectivity index (χ0n) is 9.44. The molecule has 0 aromatic heterocycles. The van der Waals surface area contributed by atoms with Gasteiger partial charge in [0.2, 0.25) is 0 Å². The highest BCUT2D eigenvalue weighted by molar-refractivity contribution is 5.77. The number of ether oxygens (including phenoxy) is 2. The molecule has 0 radical (unpaired) electrons. The van der Waals surface area contributed by atoms with E-state index in [1.807, 2.05) is 0 Å². The standard InChI is InChI=1S/C11H13F2NO3/c1-16-8-5-3-4-7(6-8)11(12,13)9(14)10(15)17-2/h3-6,9H,14H2,1-2H3. The van der Waals surface area contributed by atoms with Crippen LogP contribution in [0.5, 0.6) is 5.75 Å². The second-order valence-electron chi connectivity index (χ2n) is 3.36. The molecular weight excluding hydrogens is 232 g/mol. The lowest BCUT2D eigenvalue weighted by molar-refractivity contribution is -0.153. The molecule has 0 heterocycles. The molecule has 0 aliphatic rings. The Morgan fingerprint density at radius 1 is 1.41 bits per heavy atom. The fraction of sp³-hybridized carbons (Fsp3) is 0.364. The van der Waals surface area contributed by atoms with Gasteiger partial charge < -0.3 is 15.2 Å². The van der Waals surface area contributed by atoms with Gasteiger partial charge in [0.15, 0.2) is 6.04 Å². The predicted octanol–water partition coefficient (Wildman–Crippen LogP) is 1.29. The Labute approximate surface area is 97.3 Å². The summed E-state index contributed by atoms with van der Waals surface area (Å²) in [5.74, 6) is -4.42. The molecule has 0 aliphatic carbocycles. The number of rotatable bonds is 4. The van der Waals surface area contributed by atoms with Gasteiger partial charge in [-0.15, -0.1) is 0 Å². The van der Waals surface area contributed by atoms with Crippen LogP contribution in [0, 0.1) is 0 Å². The van der Waals surface area contributed by atoms with E-state index in [4.69, 9.17) is 10.5 Å². The number of hydrogen-bond donors (Lipinski definition) is 1. The van der Waals surface area contributed by atoms with Crippen LogP contribution in [0.2, 0.25) is 0 Å². The molecule has 1 aromatic rings. The van der Waals surface area contributed by atoms with Crippen LogP contribution < -0.4 is 10.5 Å². The molecule has 94 valence electrons. The van der Waals surface area contributed by atoms with E-state index < -0.39 is 23.5 Å². The Morgan fingerprint density at radius 3 is 2.59 bits per heavy atom. The number of nitrogens with two attached hydrogens (primary N) is 1. The number of hydrogen-bond acceptors (Lipinski definition) is 4. The second kappa shape index (κ2) is 5.09. The monoisotopic (exact) mass is 245 g/mol. The Balaban J connectivity index is 3.06. The summed E-state index contributed by atoms with van der Waals surface area (Å²) in [5, 5.41) is 0. The van der Waals surface area contributed by atoms with Crippen molar-refractivity contribution in [2.24, 2.45) is 5.73 Å². The van der Waals surface area contributed by atoms with Crippen molar-refractivity contribution in [1.82, 2.24) is 0 Å². The maximum absolute atomic E-state index is 13.8. The smallest absolute Gasteiger partial charge is 0.329 e. The minimum Gasteiger partial charge on any atom is -0.497 e. The van der Waals surface area contributed by atoms with Gasteiger partial charge in [-0.2, -0.15) is 8.78 Å². The van der Waals surface area contributed by atoms with Gasteiger partial charge in [0, 0.05) is 5.56 Å². The average Bonchev–Trinajstić information content (AvgIpc) is 2.36. The van der Waals surface area contributed by atoms with Crippen LogP contribution in [-0.4, -0.2) is 26.2 Å². The van der Waals surface area contributed by atoms with Crippen molar-refractivity contribution >= 4 is 5.97 Å². The van der Waals surface area contributed by atoms with Crippen molar-refractivity contribution in [3.63, 3.8) is 0 Å². The summed E-state index contributed by atoms with van der Waals surface area (Å²) >= 11 is 0. The van der Waals surface area contributed by atoms with Gasteiger partial charge in [0.1, 0.15) is 5.75 Å². The number of carbonyl (C=O) groups excluding carboxylic acids is 1. The quantitative estimate of drug-likeness (QED) is 0.812. The summed E-state index contributed by atoms with van der Waals surface area (Å²) in [4.78, 5) is 11.0. The molecule has 0 aliphatic heterocycles. The number of benzene rings is 1. The minimum atomic E-state index is -3.51. The van der Waals surface area contributed by atoms with Crippen LogP contribution in [0.15, 0.2) is 24.3 Å². The van der Waals surface area contributed by atoms with E-state index in [1.54, 1.807) is 0 Å². The van der Waals surface area contributed by atoms with Gasteiger partial charge >= 0.3 is 5.97 Å². The molecule has 1 unspecified atom stereocenters. The minimum absolute atomic E-state index is 0.263. The van der Waals surface area contributed by atoms with Crippen LogP contribution in [0.4, 0.5) is 8.78 Å². The van der Waals surface area contributed by atoms with Crippen molar-refractivity contribution < 1.29 is 23.0 Å². The third kappa shape index (κ3) is 2.71. The molecular formula is C11H13F2NO3. The van der Waals surface area contributed by atoms with Crippen LogP contribution in [0.3, 0.4) is 0 Å². The van der Waals surface area contributed by atoms with Crippen molar-refractivity contribution in [2.75, 3.05) is 14.2 Å². The van der Waals surface area contributed by atoms with Gasteiger partial charge in [-0.1, -0.05) is 12.1 Å². The van der Waals surface area contributed by atoms with Gasteiger partial charge in [-0.05, 0) is 12.1 Å².